The first-order valence-electron chi connectivity index (χ1n) is 3.40. The number of rotatable bonds is 1. The van der Waals surface area contributed by atoms with E-state index in [1.807, 2.05) is 0 Å². The van der Waals surface area contributed by atoms with Gasteiger partial charge < -0.3 is 0 Å². The summed E-state index contributed by atoms with van der Waals surface area (Å²) in [6.45, 7) is 5.02. The molecule has 0 N–H and O–H groups in total. The van der Waals surface area contributed by atoms with E-state index in [2.05, 4.69) is 0 Å². The van der Waals surface area contributed by atoms with Crippen LogP contribution in [0.15, 0.2) is 0 Å². The lowest BCUT2D eigenvalue weighted by molar-refractivity contribution is -0.142. The molecule has 0 rings (SSSR count). The van der Waals surface area contributed by atoms with E-state index < -0.39 is 17.2 Å². The molecule has 70 valence electrons. The van der Waals surface area contributed by atoms with Gasteiger partial charge in [0.25, 0.3) is 5.91 Å². The average molecular weight is 212 g/mol. The molecule has 0 bridgehead atoms. The van der Waals surface area contributed by atoms with E-state index in [1.165, 1.54) is 0 Å². The van der Waals surface area contributed by atoms with Gasteiger partial charge in [-0.05, 0) is 0 Å². The lowest BCUT2D eigenvalue weighted by Crippen LogP contribution is -2.37. The Morgan fingerprint density at radius 2 is 1.75 bits per heavy atom. The number of halogens is 2. The predicted octanol–water partition coefficient (Wildman–Crippen LogP) is 1.78. The molecule has 0 fully saturated rings. The molecular weight excluding hydrogens is 201 g/mol. The number of hydrogen-bond donors (Lipinski definition) is 0. The van der Waals surface area contributed by atoms with Crippen LogP contribution in [0.1, 0.15) is 20.8 Å². The number of hydrogen-bond acceptors (Lipinski definition) is 2. The van der Waals surface area contributed by atoms with E-state index in [4.69, 9.17) is 23.4 Å². The van der Waals surface area contributed by atoms with E-state index in [0.29, 0.717) is 4.42 Å². The number of nitrogens with zero attached hydrogens (tertiary/aromatic N) is 1. The summed E-state index contributed by atoms with van der Waals surface area (Å²) in [6.07, 6.45) is 0. The van der Waals surface area contributed by atoms with Gasteiger partial charge in [0.2, 0.25) is 5.91 Å². The Morgan fingerprint density at radius 1 is 1.33 bits per heavy atom. The van der Waals surface area contributed by atoms with Gasteiger partial charge in [-0.3, -0.25) is 9.59 Å². The van der Waals surface area contributed by atoms with Crippen LogP contribution in [0, 0.1) is 5.41 Å². The van der Waals surface area contributed by atoms with Crippen molar-refractivity contribution in [1.82, 2.24) is 4.42 Å². The molecule has 0 atom stereocenters. The first kappa shape index (κ1) is 11.7. The van der Waals surface area contributed by atoms with Crippen LogP contribution in [-0.2, 0) is 9.59 Å². The Labute approximate surface area is 81.7 Å². The van der Waals surface area contributed by atoms with Crippen LogP contribution in [-0.4, -0.2) is 22.1 Å². The average Bonchev–Trinajstić information content (AvgIpc) is 1.98. The molecule has 0 aliphatic rings. The fourth-order valence-electron chi connectivity index (χ4n) is 0.460. The maximum Gasteiger partial charge on any atom is 0.258 e. The highest BCUT2D eigenvalue weighted by molar-refractivity contribution is 6.36. The quantitative estimate of drug-likeness (QED) is 0.490. The Bertz CT molecular complexity index is 198. The van der Waals surface area contributed by atoms with Crippen molar-refractivity contribution in [3.05, 3.63) is 0 Å². The third-order valence-electron chi connectivity index (χ3n) is 1.15. The van der Waals surface area contributed by atoms with Crippen molar-refractivity contribution in [2.24, 2.45) is 5.41 Å². The Morgan fingerprint density at radius 3 is 2.00 bits per heavy atom. The maximum absolute atomic E-state index is 11.3. The Hall–Kier alpha value is -0.280. The molecule has 0 spiro atoms. The maximum atomic E-state index is 11.3. The molecule has 0 saturated carbocycles. The van der Waals surface area contributed by atoms with Gasteiger partial charge in [-0.15, -0.1) is 11.6 Å². The van der Waals surface area contributed by atoms with Crippen LogP contribution < -0.4 is 0 Å². The van der Waals surface area contributed by atoms with E-state index in [0.717, 1.165) is 0 Å². The molecule has 0 unspecified atom stereocenters. The van der Waals surface area contributed by atoms with E-state index >= 15 is 0 Å². The van der Waals surface area contributed by atoms with Gasteiger partial charge in [-0.1, -0.05) is 20.8 Å². The van der Waals surface area contributed by atoms with Crippen LogP contribution in [0.5, 0.6) is 0 Å². The second-order valence-electron chi connectivity index (χ2n) is 3.36. The molecule has 0 aromatic carbocycles. The molecule has 3 nitrogen and oxygen atoms in total. The Kier molecular flexibility index (Phi) is 4.00. The lowest BCUT2D eigenvalue weighted by atomic mass is 9.96. The fourth-order valence-corrected chi connectivity index (χ4v) is 0.954. The molecular formula is C7H11Cl2NO2. The van der Waals surface area contributed by atoms with Crippen molar-refractivity contribution in [1.29, 1.82) is 0 Å². The third-order valence-corrected chi connectivity index (χ3v) is 1.72. The highest BCUT2D eigenvalue weighted by atomic mass is 35.5. The molecule has 0 aliphatic carbocycles. The zero-order valence-electron chi connectivity index (χ0n) is 7.23. The topological polar surface area (TPSA) is 37.4 Å². The Balaban J connectivity index is 4.41. The molecule has 2 amide bonds. The molecule has 0 saturated heterocycles. The van der Waals surface area contributed by atoms with Crippen LogP contribution >= 0.6 is 23.4 Å². The minimum atomic E-state index is -0.663. The molecule has 5 heteroatoms. The highest BCUT2D eigenvalue weighted by Gasteiger charge is 2.29. The molecule has 12 heavy (non-hydrogen) atoms. The predicted molar refractivity (Wildman–Crippen MR) is 47.9 cm³/mol. The number of carbonyl (C=O) groups excluding carboxylic acids is 2. The second kappa shape index (κ2) is 4.10. The summed E-state index contributed by atoms with van der Waals surface area (Å²) in [5.74, 6) is -1.33. The smallest absolute Gasteiger partial charge is 0.258 e. The van der Waals surface area contributed by atoms with Gasteiger partial charge in [0.1, 0.15) is 5.88 Å². The van der Waals surface area contributed by atoms with Crippen molar-refractivity contribution >= 4 is 35.2 Å². The third kappa shape index (κ3) is 2.99. The van der Waals surface area contributed by atoms with Gasteiger partial charge in [0, 0.05) is 17.2 Å². The van der Waals surface area contributed by atoms with Crippen molar-refractivity contribution in [2.75, 3.05) is 5.88 Å². The SMILES string of the molecule is CC(C)(C)C(=O)N(Cl)C(=O)CCl. The normalized spacial score (nSPS) is 11.1. The number of carbonyl (C=O) groups is 2. The summed E-state index contributed by atoms with van der Waals surface area (Å²) in [6, 6.07) is 0. The monoisotopic (exact) mass is 211 g/mol. The van der Waals surface area contributed by atoms with Crippen LogP contribution in [0.4, 0.5) is 0 Å². The van der Waals surface area contributed by atoms with E-state index in [-0.39, 0.29) is 5.88 Å². The first-order chi connectivity index (χ1) is 5.30. The number of alkyl halides is 1. The van der Waals surface area contributed by atoms with Crippen molar-refractivity contribution in [2.45, 2.75) is 20.8 Å². The summed E-state index contributed by atoms with van der Waals surface area (Å²) in [5.41, 5.74) is -0.663. The molecule has 0 aliphatic heterocycles. The minimum absolute atomic E-state index is 0.286. The molecule has 0 radical (unpaired) electrons. The largest absolute Gasteiger partial charge is 0.272 e. The zero-order chi connectivity index (χ0) is 9.94. The number of imide groups is 1. The fraction of sp³-hybridized carbons (Fsp3) is 0.714. The summed E-state index contributed by atoms with van der Waals surface area (Å²) < 4.78 is 0.535. The summed E-state index contributed by atoms with van der Waals surface area (Å²) >= 11 is 10.6. The summed E-state index contributed by atoms with van der Waals surface area (Å²) in [5, 5.41) is 0. The van der Waals surface area contributed by atoms with Crippen LogP contribution in [0.3, 0.4) is 0 Å². The van der Waals surface area contributed by atoms with Gasteiger partial charge in [-0.2, -0.15) is 4.42 Å². The van der Waals surface area contributed by atoms with Crippen LogP contribution in [0.2, 0.25) is 0 Å². The second-order valence-corrected chi connectivity index (χ2v) is 3.97. The van der Waals surface area contributed by atoms with Crippen molar-refractivity contribution in [3.8, 4) is 0 Å². The van der Waals surface area contributed by atoms with Crippen molar-refractivity contribution in [3.63, 3.8) is 0 Å². The van der Waals surface area contributed by atoms with Crippen LogP contribution in [0.25, 0.3) is 0 Å². The molecule has 0 aromatic rings. The minimum Gasteiger partial charge on any atom is -0.272 e. The zero-order valence-corrected chi connectivity index (χ0v) is 8.74. The summed E-state index contributed by atoms with van der Waals surface area (Å²) in [7, 11) is 0. The highest BCUT2D eigenvalue weighted by Crippen LogP contribution is 2.18. The van der Waals surface area contributed by atoms with Gasteiger partial charge in [-0.25, -0.2) is 0 Å². The van der Waals surface area contributed by atoms with E-state index in [9.17, 15) is 9.59 Å². The van der Waals surface area contributed by atoms with Gasteiger partial charge in [0.05, 0.1) is 0 Å². The van der Waals surface area contributed by atoms with E-state index in [1.54, 1.807) is 20.8 Å². The molecule has 0 heterocycles. The number of amides is 2. The molecule has 0 aromatic heterocycles. The first-order valence-corrected chi connectivity index (χ1v) is 4.27. The van der Waals surface area contributed by atoms with Gasteiger partial charge in [0.15, 0.2) is 0 Å². The van der Waals surface area contributed by atoms with Gasteiger partial charge >= 0.3 is 0 Å². The summed E-state index contributed by atoms with van der Waals surface area (Å²) in [4.78, 5) is 22.1. The standard InChI is InChI=1S/C7H11Cl2NO2/c1-7(2,3)6(12)10(9)5(11)4-8/h4H2,1-3H3. The van der Waals surface area contributed by atoms with Crippen molar-refractivity contribution < 1.29 is 9.59 Å². The lowest BCUT2D eigenvalue weighted by Gasteiger charge is -2.21.